The van der Waals surface area contributed by atoms with Crippen LogP contribution >= 0.6 is 0 Å². The first-order valence-corrected chi connectivity index (χ1v) is 5.81. The summed E-state index contributed by atoms with van der Waals surface area (Å²) in [5.74, 6) is -0.0336. The van der Waals surface area contributed by atoms with Gasteiger partial charge in [0.1, 0.15) is 0 Å². The van der Waals surface area contributed by atoms with Gasteiger partial charge >= 0.3 is 5.97 Å². The molecule has 4 heteroatoms. The van der Waals surface area contributed by atoms with Crippen molar-refractivity contribution in [3.63, 3.8) is 0 Å². The third-order valence-electron chi connectivity index (χ3n) is 3.00. The highest BCUT2D eigenvalue weighted by Crippen LogP contribution is 2.27. The van der Waals surface area contributed by atoms with Gasteiger partial charge in [0.25, 0.3) is 0 Å². The quantitative estimate of drug-likeness (QED) is 0.764. The fraction of sp³-hybridized carbons (Fsp3) is 0.357. The van der Waals surface area contributed by atoms with Gasteiger partial charge in [-0.2, -0.15) is 5.26 Å². The number of carbonyl (C=O) groups is 1. The minimum Gasteiger partial charge on any atom is -0.405 e. The normalized spacial score (nSPS) is 22.3. The Labute approximate surface area is 106 Å². The number of rotatable bonds is 3. The van der Waals surface area contributed by atoms with Crippen LogP contribution in [0.4, 0.5) is 0 Å². The zero-order valence-corrected chi connectivity index (χ0v) is 10.4. The Balaban J connectivity index is 2.26. The van der Waals surface area contributed by atoms with Gasteiger partial charge in [-0.1, -0.05) is 17.7 Å². The summed E-state index contributed by atoms with van der Waals surface area (Å²) in [7, 11) is 0. The molecule has 0 aliphatic carbocycles. The van der Waals surface area contributed by atoms with Crippen molar-refractivity contribution in [3.8, 4) is 6.07 Å². The summed E-state index contributed by atoms with van der Waals surface area (Å²) in [5.41, 5.74) is 1.00. The standard InChI is InChI=1S/C14H14N2O2/c1-10-4-6-11(7-5-10)12-16-14(2,8-3-9-15)13(17)18-12/h4-7H,3,8H2,1-2H3. The molecule has 0 saturated carbocycles. The molecule has 0 spiro atoms. The van der Waals surface area contributed by atoms with Gasteiger partial charge in [0.15, 0.2) is 5.54 Å². The first-order chi connectivity index (χ1) is 8.55. The van der Waals surface area contributed by atoms with Crippen molar-refractivity contribution in [1.82, 2.24) is 0 Å². The number of carbonyl (C=O) groups excluding carboxylic acids is 1. The van der Waals surface area contributed by atoms with Gasteiger partial charge in [0.2, 0.25) is 5.90 Å². The van der Waals surface area contributed by atoms with E-state index in [9.17, 15) is 4.79 Å². The fourth-order valence-electron chi connectivity index (χ4n) is 1.77. The number of esters is 1. The van der Waals surface area contributed by atoms with E-state index in [1.807, 2.05) is 37.3 Å². The third kappa shape index (κ3) is 2.25. The number of nitrogens with zero attached hydrogens (tertiary/aromatic N) is 2. The topological polar surface area (TPSA) is 62.5 Å². The minimum atomic E-state index is -0.921. The Morgan fingerprint density at radius 2 is 2.06 bits per heavy atom. The highest BCUT2D eigenvalue weighted by molar-refractivity contribution is 6.07. The van der Waals surface area contributed by atoms with Crippen molar-refractivity contribution < 1.29 is 9.53 Å². The van der Waals surface area contributed by atoms with E-state index in [0.29, 0.717) is 12.3 Å². The summed E-state index contributed by atoms with van der Waals surface area (Å²) in [6.07, 6.45) is 0.675. The Bertz CT molecular complexity index is 540. The number of aryl methyl sites for hydroxylation is 1. The van der Waals surface area contributed by atoms with Crippen molar-refractivity contribution in [2.45, 2.75) is 32.2 Å². The molecule has 0 fully saturated rings. The molecule has 0 aromatic heterocycles. The van der Waals surface area contributed by atoms with Gasteiger partial charge in [-0.05, 0) is 32.4 Å². The van der Waals surface area contributed by atoms with Crippen LogP contribution < -0.4 is 0 Å². The number of nitriles is 1. The third-order valence-corrected chi connectivity index (χ3v) is 3.00. The molecule has 1 aromatic rings. The minimum absolute atomic E-state index is 0.288. The molecule has 1 aromatic carbocycles. The van der Waals surface area contributed by atoms with Crippen molar-refractivity contribution in [2.75, 3.05) is 0 Å². The molecule has 4 nitrogen and oxygen atoms in total. The largest absolute Gasteiger partial charge is 0.405 e. The van der Waals surface area contributed by atoms with Crippen LogP contribution in [0.5, 0.6) is 0 Å². The average Bonchev–Trinajstić information content (AvgIpc) is 2.65. The number of hydrogen-bond acceptors (Lipinski definition) is 4. The molecule has 1 aliphatic heterocycles. The lowest BCUT2D eigenvalue weighted by Crippen LogP contribution is -2.29. The van der Waals surface area contributed by atoms with Crippen LogP contribution in [0.25, 0.3) is 0 Å². The molecule has 0 bridgehead atoms. The molecule has 0 saturated heterocycles. The van der Waals surface area contributed by atoms with E-state index in [2.05, 4.69) is 4.99 Å². The second-order valence-electron chi connectivity index (χ2n) is 4.60. The van der Waals surface area contributed by atoms with Crippen LogP contribution in [0, 0.1) is 18.3 Å². The highest BCUT2D eigenvalue weighted by Gasteiger charge is 2.41. The molecule has 2 rings (SSSR count). The zero-order chi connectivity index (χ0) is 13.2. The maximum Gasteiger partial charge on any atom is 0.340 e. The van der Waals surface area contributed by atoms with Crippen molar-refractivity contribution in [3.05, 3.63) is 35.4 Å². The molecule has 0 radical (unpaired) electrons. The lowest BCUT2D eigenvalue weighted by Gasteiger charge is -2.12. The van der Waals surface area contributed by atoms with Crippen LogP contribution in [-0.4, -0.2) is 17.4 Å². The second-order valence-corrected chi connectivity index (χ2v) is 4.60. The van der Waals surface area contributed by atoms with E-state index >= 15 is 0 Å². The molecule has 0 N–H and O–H groups in total. The van der Waals surface area contributed by atoms with Crippen LogP contribution in [0.3, 0.4) is 0 Å². The predicted octanol–water partition coefficient (Wildman–Crippen LogP) is 2.36. The highest BCUT2D eigenvalue weighted by atomic mass is 16.6. The molecule has 0 amide bonds. The smallest absolute Gasteiger partial charge is 0.340 e. The molecular weight excluding hydrogens is 228 g/mol. The zero-order valence-electron chi connectivity index (χ0n) is 10.4. The van der Waals surface area contributed by atoms with Gasteiger partial charge < -0.3 is 4.74 Å². The van der Waals surface area contributed by atoms with E-state index in [4.69, 9.17) is 10.00 Å². The van der Waals surface area contributed by atoms with Crippen LogP contribution in [0.1, 0.15) is 30.9 Å². The molecule has 18 heavy (non-hydrogen) atoms. The molecule has 1 heterocycles. The summed E-state index contributed by atoms with van der Waals surface area (Å²) >= 11 is 0. The lowest BCUT2D eigenvalue weighted by molar-refractivity contribution is -0.138. The number of hydrogen-bond donors (Lipinski definition) is 0. The second kappa shape index (κ2) is 4.61. The molecular formula is C14H14N2O2. The Hall–Kier alpha value is -2.15. The number of ether oxygens (including phenoxy) is 1. The van der Waals surface area contributed by atoms with Crippen molar-refractivity contribution in [2.24, 2.45) is 4.99 Å². The maximum absolute atomic E-state index is 11.8. The fourth-order valence-corrected chi connectivity index (χ4v) is 1.77. The van der Waals surface area contributed by atoms with E-state index in [1.54, 1.807) is 6.92 Å². The summed E-state index contributed by atoms with van der Waals surface area (Å²) in [6.45, 7) is 3.69. The molecule has 1 unspecified atom stereocenters. The number of benzene rings is 1. The Morgan fingerprint density at radius 1 is 1.39 bits per heavy atom. The van der Waals surface area contributed by atoms with Crippen molar-refractivity contribution in [1.29, 1.82) is 5.26 Å². The Kier molecular flexibility index (Phi) is 3.15. The summed E-state index contributed by atoms with van der Waals surface area (Å²) in [6, 6.07) is 9.65. The number of cyclic esters (lactones) is 1. The molecule has 1 atom stereocenters. The molecule has 1 aliphatic rings. The predicted molar refractivity (Wildman–Crippen MR) is 67.1 cm³/mol. The summed E-state index contributed by atoms with van der Waals surface area (Å²) < 4.78 is 5.20. The maximum atomic E-state index is 11.8. The average molecular weight is 242 g/mol. The van der Waals surface area contributed by atoms with Crippen molar-refractivity contribution >= 4 is 11.9 Å². The van der Waals surface area contributed by atoms with Gasteiger partial charge in [-0.25, -0.2) is 9.79 Å². The SMILES string of the molecule is Cc1ccc(C2=NC(C)(CCC#N)C(=O)O2)cc1. The van der Waals surface area contributed by atoms with E-state index in [0.717, 1.165) is 11.1 Å². The van der Waals surface area contributed by atoms with Gasteiger partial charge in [0.05, 0.1) is 6.07 Å². The summed E-state index contributed by atoms with van der Waals surface area (Å²) in [4.78, 5) is 16.1. The van der Waals surface area contributed by atoms with Crippen LogP contribution in [-0.2, 0) is 9.53 Å². The van der Waals surface area contributed by atoms with Gasteiger partial charge in [-0.3, -0.25) is 0 Å². The van der Waals surface area contributed by atoms with Gasteiger partial charge in [0, 0.05) is 12.0 Å². The monoisotopic (exact) mass is 242 g/mol. The lowest BCUT2D eigenvalue weighted by atomic mass is 9.98. The van der Waals surface area contributed by atoms with E-state index in [-0.39, 0.29) is 12.4 Å². The first kappa shape index (κ1) is 12.3. The van der Waals surface area contributed by atoms with Gasteiger partial charge in [-0.15, -0.1) is 0 Å². The number of aliphatic imine (C=N–C) groups is 1. The Morgan fingerprint density at radius 3 is 2.67 bits per heavy atom. The summed E-state index contributed by atoms with van der Waals surface area (Å²) in [5, 5.41) is 8.59. The van der Waals surface area contributed by atoms with Crippen LogP contribution in [0.2, 0.25) is 0 Å². The molecule has 92 valence electrons. The van der Waals surface area contributed by atoms with E-state index in [1.165, 1.54) is 0 Å². The first-order valence-electron chi connectivity index (χ1n) is 5.81. The van der Waals surface area contributed by atoms with E-state index < -0.39 is 5.54 Å². The van der Waals surface area contributed by atoms with Crippen LogP contribution in [0.15, 0.2) is 29.3 Å².